The van der Waals surface area contributed by atoms with Gasteiger partial charge in [-0.2, -0.15) is 0 Å². The van der Waals surface area contributed by atoms with E-state index in [2.05, 4.69) is 52.7 Å². The van der Waals surface area contributed by atoms with Crippen molar-refractivity contribution in [3.63, 3.8) is 0 Å². The highest BCUT2D eigenvalue weighted by atomic mass is 127. The number of nitrogens with one attached hydrogen (secondary N) is 1. The zero-order valence-corrected chi connectivity index (χ0v) is 22.6. The normalized spacial score (nSPS) is 22.9. The Morgan fingerprint density at radius 3 is 2.42 bits per heavy atom. The average Bonchev–Trinajstić information content (AvgIpc) is 3.19. The lowest BCUT2D eigenvalue weighted by Gasteiger charge is -2.39. The number of aryl methyl sites for hydroxylation is 1. The summed E-state index contributed by atoms with van der Waals surface area (Å²) in [6.45, 7) is 16.2. The summed E-state index contributed by atoms with van der Waals surface area (Å²) >= 11 is 1.75. The fourth-order valence-electron chi connectivity index (χ4n) is 4.43. The third kappa shape index (κ3) is 7.85. The number of halogens is 1. The second-order valence-electron chi connectivity index (χ2n) is 8.75. The first-order valence-electron chi connectivity index (χ1n) is 11.4. The van der Waals surface area contributed by atoms with Crippen molar-refractivity contribution in [2.24, 2.45) is 16.8 Å². The van der Waals surface area contributed by atoms with Gasteiger partial charge in [0, 0.05) is 56.9 Å². The van der Waals surface area contributed by atoms with Crippen LogP contribution >= 0.6 is 35.3 Å². The first-order valence-corrected chi connectivity index (χ1v) is 12.3. The summed E-state index contributed by atoms with van der Waals surface area (Å²) in [6.07, 6.45) is 4.22. The molecular weight excluding hydrogens is 523 g/mol. The second-order valence-corrected chi connectivity index (χ2v) is 9.95. The van der Waals surface area contributed by atoms with Crippen LogP contribution in [0.1, 0.15) is 44.0 Å². The molecule has 176 valence electrons. The van der Waals surface area contributed by atoms with E-state index in [4.69, 9.17) is 4.99 Å². The molecule has 0 bridgehead atoms. The van der Waals surface area contributed by atoms with Crippen LogP contribution in [-0.2, 0) is 17.8 Å². The molecule has 7 nitrogen and oxygen atoms in total. The van der Waals surface area contributed by atoms with E-state index in [9.17, 15) is 4.79 Å². The van der Waals surface area contributed by atoms with E-state index < -0.39 is 0 Å². The summed E-state index contributed by atoms with van der Waals surface area (Å²) in [6, 6.07) is 0. The number of rotatable bonds is 6. The first-order chi connectivity index (χ1) is 14.5. The lowest BCUT2D eigenvalue weighted by molar-refractivity contribution is -0.135. The molecule has 1 aromatic rings. The summed E-state index contributed by atoms with van der Waals surface area (Å²) in [5, 5.41) is 4.49. The molecule has 0 aromatic carbocycles. The van der Waals surface area contributed by atoms with Gasteiger partial charge in [-0.05, 0) is 31.6 Å². The molecule has 0 spiro atoms. The summed E-state index contributed by atoms with van der Waals surface area (Å²) in [7, 11) is 0. The fraction of sp³-hybridized carbons (Fsp3) is 0.773. The van der Waals surface area contributed by atoms with Gasteiger partial charge in [-0.1, -0.05) is 20.8 Å². The van der Waals surface area contributed by atoms with Crippen LogP contribution in [-0.4, -0.2) is 83.9 Å². The van der Waals surface area contributed by atoms with Crippen molar-refractivity contribution in [3.05, 3.63) is 16.1 Å². The van der Waals surface area contributed by atoms with Crippen LogP contribution in [0.4, 0.5) is 0 Å². The zero-order valence-electron chi connectivity index (χ0n) is 19.5. The van der Waals surface area contributed by atoms with Gasteiger partial charge in [-0.3, -0.25) is 9.69 Å². The van der Waals surface area contributed by atoms with Gasteiger partial charge in [0.25, 0.3) is 0 Å². The van der Waals surface area contributed by atoms with Crippen molar-refractivity contribution in [2.45, 2.75) is 47.1 Å². The van der Waals surface area contributed by atoms with E-state index in [-0.39, 0.29) is 29.9 Å². The third-order valence-electron chi connectivity index (χ3n) is 5.90. The van der Waals surface area contributed by atoms with E-state index in [1.54, 1.807) is 11.3 Å². The summed E-state index contributed by atoms with van der Waals surface area (Å²) < 4.78 is 0. The summed E-state index contributed by atoms with van der Waals surface area (Å²) in [4.78, 5) is 30.1. The molecule has 2 saturated heterocycles. The molecule has 2 atom stereocenters. The molecule has 1 amide bonds. The molecule has 31 heavy (non-hydrogen) atoms. The first kappa shape index (κ1) is 26.3. The molecule has 3 rings (SSSR count). The minimum atomic E-state index is 0. The number of guanidine groups is 1. The SMILES string of the molecule is CCNC(=NCc1ncc(CC)s1)N1CCN(CC(=O)N2CC(C)CC(C)C2)CC1.I. The van der Waals surface area contributed by atoms with Gasteiger partial charge >= 0.3 is 0 Å². The number of amides is 1. The lowest BCUT2D eigenvalue weighted by atomic mass is 9.92. The minimum Gasteiger partial charge on any atom is -0.357 e. The topological polar surface area (TPSA) is 64.1 Å². The van der Waals surface area contributed by atoms with Crippen LogP contribution < -0.4 is 5.32 Å². The van der Waals surface area contributed by atoms with Crippen molar-refractivity contribution in [1.82, 2.24) is 25.0 Å². The van der Waals surface area contributed by atoms with Gasteiger partial charge in [-0.15, -0.1) is 35.3 Å². The van der Waals surface area contributed by atoms with Crippen molar-refractivity contribution < 1.29 is 4.79 Å². The highest BCUT2D eigenvalue weighted by Crippen LogP contribution is 2.21. The lowest BCUT2D eigenvalue weighted by Crippen LogP contribution is -2.55. The Balaban J connectivity index is 0.00000341. The predicted octanol–water partition coefficient (Wildman–Crippen LogP) is 2.91. The van der Waals surface area contributed by atoms with E-state index in [1.165, 1.54) is 11.3 Å². The maximum Gasteiger partial charge on any atom is 0.236 e. The van der Waals surface area contributed by atoms with Gasteiger partial charge in [-0.25, -0.2) is 9.98 Å². The number of hydrogen-bond donors (Lipinski definition) is 1. The Labute approximate surface area is 208 Å². The number of carbonyl (C=O) groups excluding carboxylic acids is 1. The second kappa shape index (κ2) is 12.9. The number of piperidine rings is 1. The monoisotopic (exact) mass is 562 g/mol. The molecule has 2 aliphatic rings. The Morgan fingerprint density at radius 1 is 1.16 bits per heavy atom. The summed E-state index contributed by atoms with van der Waals surface area (Å²) in [5.41, 5.74) is 0. The number of piperazine rings is 1. The van der Waals surface area contributed by atoms with Gasteiger partial charge in [0.15, 0.2) is 5.96 Å². The number of hydrogen-bond acceptors (Lipinski definition) is 5. The molecule has 2 fully saturated rings. The number of aliphatic imine (C=N–C) groups is 1. The van der Waals surface area contributed by atoms with E-state index in [0.29, 0.717) is 24.9 Å². The number of nitrogens with zero attached hydrogens (tertiary/aromatic N) is 5. The zero-order chi connectivity index (χ0) is 21.5. The maximum atomic E-state index is 12.8. The Bertz CT molecular complexity index is 709. The van der Waals surface area contributed by atoms with Gasteiger partial charge in [0.1, 0.15) is 5.01 Å². The largest absolute Gasteiger partial charge is 0.357 e. The van der Waals surface area contributed by atoms with E-state index >= 15 is 0 Å². The van der Waals surface area contributed by atoms with Crippen LogP contribution in [0.5, 0.6) is 0 Å². The number of thiazole rings is 1. The quantitative estimate of drug-likeness (QED) is 0.328. The third-order valence-corrected chi connectivity index (χ3v) is 7.03. The van der Waals surface area contributed by atoms with Gasteiger partial charge in [0.05, 0.1) is 13.1 Å². The van der Waals surface area contributed by atoms with E-state index in [1.807, 2.05) is 6.20 Å². The molecule has 1 N–H and O–H groups in total. The minimum absolute atomic E-state index is 0. The van der Waals surface area contributed by atoms with Gasteiger partial charge < -0.3 is 15.1 Å². The molecule has 2 unspecified atom stereocenters. The van der Waals surface area contributed by atoms with Gasteiger partial charge in [0.2, 0.25) is 5.91 Å². The molecule has 0 aliphatic carbocycles. The number of aromatic nitrogens is 1. The summed E-state index contributed by atoms with van der Waals surface area (Å²) in [5.74, 6) is 2.47. The Hall–Kier alpha value is -0.940. The Morgan fingerprint density at radius 2 is 1.84 bits per heavy atom. The number of likely N-dealkylation sites (tertiary alicyclic amines) is 1. The van der Waals surface area contributed by atoms with Crippen LogP contribution in [0.3, 0.4) is 0 Å². The predicted molar refractivity (Wildman–Crippen MR) is 139 cm³/mol. The van der Waals surface area contributed by atoms with Crippen molar-refractivity contribution in [2.75, 3.05) is 52.4 Å². The molecule has 9 heteroatoms. The average molecular weight is 563 g/mol. The van der Waals surface area contributed by atoms with E-state index in [0.717, 1.165) is 63.2 Å². The smallest absolute Gasteiger partial charge is 0.236 e. The molecule has 1 aromatic heterocycles. The van der Waals surface area contributed by atoms with Crippen molar-refractivity contribution >= 4 is 47.2 Å². The standard InChI is InChI=1S/C22H38N6OS.HI/c1-5-19-12-24-20(30-19)13-25-22(23-6-2)27-9-7-26(8-10-27)16-21(29)28-14-17(3)11-18(4)15-28;/h12,17-18H,5-11,13-16H2,1-4H3,(H,23,25);1H. The molecule has 0 radical (unpaired) electrons. The molecule has 3 heterocycles. The maximum absolute atomic E-state index is 12.8. The van der Waals surface area contributed by atoms with Crippen LogP contribution in [0.2, 0.25) is 0 Å². The molecule has 0 saturated carbocycles. The fourth-order valence-corrected chi connectivity index (χ4v) is 5.22. The molecule has 2 aliphatic heterocycles. The highest BCUT2D eigenvalue weighted by molar-refractivity contribution is 14.0. The highest BCUT2D eigenvalue weighted by Gasteiger charge is 2.28. The number of carbonyl (C=O) groups is 1. The molecular formula is C22H39IN6OS. The Kier molecular flexibility index (Phi) is 11.0. The van der Waals surface area contributed by atoms with Crippen LogP contribution in [0, 0.1) is 11.8 Å². The van der Waals surface area contributed by atoms with Crippen LogP contribution in [0.25, 0.3) is 0 Å². The van der Waals surface area contributed by atoms with Crippen molar-refractivity contribution in [3.8, 4) is 0 Å². The van der Waals surface area contributed by atoms with Crippen molar-refractivity contribution in [1.29, 1.82) is 0 Å². The van der Waals surface area contributed by atoms with Crippen LogP contribution in [0.15, 0.2) is 11.2 Å².